The number of carbonyl (C=O) groups is 4. The van der Waals surface area contributed by atoms with Gasteiger partial charge in [-0.2, -0.15) is 0 Å². The Balaban J connectivity index is 0.00000484. The van der Waals surface area contributed by atoms with Crippen molar-refractivity contribution in [1.82, 2.24) is 14.7 Å². The van der Waals surface area contributed by atoms with E-state index in [1.54, 1.807) is 7.05 Å². The minimum atomic E-state index is -0.994. The van der Waals surface area contributed by atoms with E-state index >= 15 is 0 Å². The van der Waals surface area contributed by atoms with Crippen LogP contribution in [0.2, 0.25) is 0 Å². The second-order valence-electron chi connectivity index (χ2n) is 6.00. The Hall–Kier alpha value is -1.93. The number of amides is 5. The van der Waals surface area contributed by atoms with E-state index in [1.807, 2.05) is 13.8 Å². The average Bonchev–Trinajstić information content (AvgIpc) is 2.64. The highest BCUT2D eigenvalue weighted by molar-refractivity contribution is 6.45. The first kappa shape index (κ1) is 21.1. The van der Waals surface area contributed by atoms with Crippen molar-refractivity contribution >= 4 is 36.2 Å². The van der Waals surface area contributed by atoms with Crippen LogP contribution in [-0.4, -0.2) is 71.7 Å². The highest BCUT2D eigenvalue weighted by Crippen LogP contribution is 2.15. The molecule has 1 heterocycles. The molecular formula is C14H23ClN4O4. The quantitative estimate of drug-likeness (QED) is 0.391. The van der Waals surface area contributed by atoms with Gasteiger partial charge in [0.2, 0.25) is 5.91 Å². The van der Waals surface area contributed by atoms with Crippen LogP contribution in [0.5, 0.6) is 0 Å². The van der Waals surface area contributed by atoms with Crippen molar-refractivity contribution in [3.8, 4) is 0 Å². The summed E-state index contributed by atoms with van der Waals surface area (Å²) in [5, 5.41) is 0. The third-order valence-electron chi connectivity index (χ3n) is 3.38. The van der Waals surface area contributed by atoms with Crippen molar-refractivity contribution in [3.63, 3.8) is 0 Å². The fourth-order valence-electron chi connectivity index (χ4n) is 2.03. The molecular weight excluding hydrogens is 324 g/mol. The topological polar surface area (TPSA) is 104 Å². The lowest BCUT2D eigenvalue weighted by molar-refractivity contribution is -0.144. The molecule has 0 bridgehead atoms. The molecule has 5 amide bonds. The molecule has 0 atom stereocenters. The highest BCUT2D eigenvalue weighted by Gasteiger charge is 2.44. The van der Waals surface area contributed by atoms with Gasteiger partial charge in [-0.1, -0.05) is 19.9 Å². The monoisotopic (exact) mass is 346 g/mol. The Bertz CT molecular complexity index is 521. The first-order chi connectivity index (χ1) is 10.1. The summed E-state index contributed by atoms with van der Waals surface area (Å²) < 4.78 is 0. The molecule has 8 nitrogen and oxygen atoms in total. The van der Waals surface area contributed by atoms with Gasteiger partial charge >= 0.3 is 17.8 Å². The van der Waals surface area contributed by atoms with Gasteiger partial charge in [0.25, 0.3) is 0 Å². The lowest BCUT2D eigenvalue weighted by Crippen LogP contribution is -2.46. The van der Waals surface area contributed by atoms with Crippen molar-refractivity contribution in [2.24, 2.45) is 11.1 Å². The van der Waals surface area contributed by atoms with Gasteiger partial charge in [0.05, 0.1) is 0 Å². The van der Waals surface area contributed by atoms with Crippen LogP contribution in [0, 0.1) is 5.41 Å². The molecule has 1 fully saturated rings. The third-order valence-corrected chi connectivity index (χ3v) is 3.38. The Morgan fingerprint density at radius 1 is 1.26 bits per heavy atom. The van der Waals surface area contributed by atoms with Crippen molar-refractivity contribution < 1.29 is 19.2 Å². The zero-order valence-corrected chi connectivity index (χ0v) is 14.4. The number of rotatable bonds is 7. The largest absolute Gasteiger partial charge is 0.344 e. The van der Waals surface area contributed by atoms with Crippen molar-refractivity contribution in [2.45, 2.75) is 13.8 Å². The lowest BCUT2D eigenvalue weighted by Gasteiger charge is -2.29. The second-order valence-corrected chi connectivity index (χ2v) is 6.00. The molecule has 1 aliphatic rings. The summed E-state index contributed by atoms with van der Waals surface area (Å²) in [4.78, 5) is 50.4. The van der Waals surface area contributed by atoms with Gasteiger partial charge in [-0.25, -0.2) is 9.69 Å². The maximum Gasteiger partial charge on any atom is 0.335 e. The Morgan fingerprint density at radius 3 is 2.26 bits per heavy atom. The number of hydrogen-bond acceptors (Lipinski definition) is 5. The van der Waals surface area contributed by atoms with Gasteiger partial charge in [-0.05, 0) is 12.0 Å². The van der Waals surface area contributed by atoms with Gasteiger partial charge < -0.3 is 10.6 Å². The van der Waals surface area contributed by atoms with Gasteiger partial charge in [0.15, 0.2) is 0 Å². The number of hydrogen-bond donors (Lipinski definition) is 1. The minimum absolute atomic E-state index is 0. The van der Waals surface area contributed by atoms with E-state index in [0.29, 0.717) is 18.0 Å². The van der Waals surface area contributed by atoms with Crippen molar-refractivity contribution in [2.75, 3.05) is 33.2 Å². The molecule has 0 aromatic carbocycles. The number of carbonyl (C=O) groups excluding carboxylic acids is 4. The van der Waals surface area contributed by atoms with E-state index in [2.05, 4.69) is 6.58 Å². The first-order valence-corrected chi connectivity index (χ1v) is 6.87. The van der Waals surface area contributed by atoms with Crippen LogP contribution in [-0.2, 0) is 14.4 Å². The molecule has 1 aliphatic heterocycles. The molecule has 0 saturated carbocycles. The van der Waals surface area contributed by atoms with Gasteiger partial charge in [0, 0.05) is 20.1 Å². The molecule has 0 aliphatic carbocycles. The predicted molar refractivity (Wildman–Crippen MR) is 86.7 cm³/mol. The summed E-state index contributed by atoms with van der Waals surface area (Å²) in [6.45, 7) is 7.46. The van der Waals surface area contributed by atoms with E-state index in [0.717, 1.165) is 4.90 Å². The molecule has 2 N–H and O–H groups in total. The number of nitrogens with two attached hydrogens (primary N) is 1. The van der Waals surface area contributed by atoms with E-state index < -0.39 is 30.3 Å². The molecule has 0 aromatic heterocycles. The van der Waals surface area contributed by atoms with Gasteiger partial charge in [-0.15, -0.1) is 19.0 Å². The summed E-state index contributed by atoms with van der Waals surface area (Å²) in [7, 11) is 1.56. The third kappa shape index (κ3) is 4.77. The standard InChI is InChI=1S/C14H22N4O4.ClH/c1-5-6-17-11(20)12(21)18(13(17)22)7-10(19)16(4)9-14(2,3)8-15;/h5H,1,6-9,15H2,2-4H3;1H. The van der Waals surface area contributed by atoms with Crippen LogP contribution < -0.4 is 5.73 Å². The van der Waals surface area contributed by atoms with E-state index in [1.165, 1.54) is 11.0 Å². The smallest absolute Gasteiger partial charge is 0.335 e. The van der Waals surface area contributed by atoms with Crippen LogP contribution in [0.25, 0.3) is 0 Å². The SMILES string of the molecule is C=CCN1C(=O)C(=O)N(CC(=O)N(C)CC(C)(C)CN)C1=O.Cl. The van der Waals surface area contributed by atoms with Gasteiger partial charge in [-0.3, -0.25) is 19.3 Å². The summed E-state index contributed by atoms with van der Waals surface area (Å²) in [5.74, 6) is -2.37. The summed E-state index contributed by atoms with van der Waals surface area (Å²) in [5.41, 5.74) is 5.33. The Morgan fingerprint density at radius 2 is 1.78 bits per heavy atom. The summed E-state index contributed by atoms with van der Waals surface area (Å²) in [6, 6.07) is -0.797. The van der Waals surface area contributed by atoms with E-state index in [-0.39, 0.29) is 24.4 Å². The fraction of sp³-hybridized carbons (Fsp3) is 0.571. The fourth-order valence-corrected chi connectivity index (χ4v) is 2.03. The molecule has 0 radical (unpaired) electrons. The zero-order chi connectivity index (χ0) is 17.1. The van der Waals surface area contributed by atoms with Gasteiger partial charge in [0.1, 0.15) is 6.54 Å². The summed E-state index contributed by atoms with van der Waals surface area (Å²) in [6.07, 6.45) is 1.34. The zero-order valence-electron chi connectivity index (χ0n) is 13.6. The van der Waals surface area contributed by atoms with Crippen LogP contribution >= 0.6 is 12.4 Å². The Labute approximate surface area is 141 Å². The number of urea groups is 1. The number of halogens is 1. The van der Waals surface area contributed by atoms with Crippen LogP contribution in [0.4, 0.5) is 4.79 Å². The normalized spacial score (nSPS) is 14.9. The molecule has 0 unspecified atom stereocenters. The second kappa shape index (κ2) is 8.07. The lowest BCUT2D eigenvalue weighted by atomic mass is 9.93. The number of nitrogens with zero attached hydrogens (tertiary/aromatic N) is 3. The molecule has 1 saturated heterocycles. The van der Waals surface area contributed by atoms with Crippen molar-refractivity contribution in [1.29, 1.82) is 0 Å². The van der Waals surface area contributed by atoms with Crippen LogP contribution in [0.15, 0.2) is 12.7 Å². The number of imide groups is 2. The van der Waals surface area contributed by atoms with Crippen LogP contribution in [0.3, 0.4) is 0 Å². The van der Waals surface area contributed by atoms with Crippen molar-refractivity contribution in [3.05, 3.63) is 12.7 Å². The average molecular weight is 347 g/mol. The van der Waals surface area contributed by atoms with E-state index in [9.17, 15) is 19.2 Å². The highest BCUT2D eigenvalue weighted by atomic mass is 35.5. The predicted octanol–water partition coefficient (Wildman–Crippen LogP) is -0.172. The molecule has 0 spiro atoms. The minimum Gasteiger partial charge on any atom is -0.344 e. The molecule has 23 heavy (non-hydrogen) atoms. The maximum atomic E-state index is 12.1. The molecule has 1 rings (SSSR count). The van der Waals surface area contributed by atoms with E-state index in [4.69, 9.17) is 5.73 Å². The number of likely N-dealkylation sites (N-methyl/N-ethyl adjacent to an activating group) is 1. The van der Waals surface area contributed by atoms with Crippen LogP contribution in [0.1, 0.15) is 13.8 Å². The summed E-state index contributed by atoms with van der Waals surface area (Å²) >= 11 is 0. The maximum absolute atomic E-state index is 12.1. The first-order valence-electron chi connectivity index (χ1n) is 6.87. The molecule has 0 aromatic rings. The molecule has 130 valence electrons. The molecule has 9 heteroatoms. The Kier molecular flexibility index (Phi) is 7.39.